The van der Waals surface area contributed by atoms with Gasteiger partial charge in [0.2, 0.25) is 5.91 Å². The molecule has 2 aromatic carbocycles. The predicted octanol–water partition coefficient (Wildman–Crippen LogP) is 4.62. The Morgan fingerprint density at radius 2 is 1.86 bits per heavy atom. The van der Waals surface area contributed by atoms with Gasteiger partial charge in [-0.05, 0) is 44.4 Å². The Bertz CT molecular complexity index is 1000. The summed E-state index contributed by atoms with van der Waals surface area (Å²) in [7, 11) is 0. The Labute approximate surface area is 171 Å². The number of hydrogen-bond donors (Lipinski definition) is 1. The molecule has 0 bridgehead atoms. The summed E-state index contributed by atoms with van der Waals surface area (Å²) in [6, 6.07) is 18.0. The predicted molar refractivity (Wildman–Crippen MR) is 117 cm³/mol. The van der Waals surface area contributed by atoms with Crippen molar-refractivity contribution in [2.45, 2.75) is 26.7 Å². The van der Waals surface area contributed by atoms with Gasteiger partial charge in [0.15, 0.2) is 5.82 Å². The standard InChI is InChI=1S/C24H26N4O/c1-17-9-11-19(12-10-17)23-25-14-13-22(27-23)28-15-5-7-20(16-28)24(29)26-21-8-4-3-6-18(21)2/h3-4,6,8-14,20H,5,7,15-16H2,1-2H3,(H,26,29)/t20-/m0/s1. The van der Waals surface area contributed by atoms with Crippen molar-refractivity contribution in [3.63, 3.8) is 0 Å². The van der Waals surface area contributed by atoms with Crippen LogP contribution in [-0.4, -0.2) is 29.0 Å². The van der Waals surface area contributed by atoms with Crippen LogP contribution in [0.5, 0.6) is 0 Å². The van der Waals surface area contributed by atoms with Crippen molar-refractivity contribution < 1.29 is 4.79 Å². The van der Waals surface area contributed by atoms with Crippen molar-refractivity contribution in [2.75, 3.05) is 23.3 Å². The van der Waals surface area contributed by atoms with E-state index in [9.17, 15) is 4.79 Å². The molecule has 1 fully saturated rings. The Hall–Kier alpha value is -3.21. The Balaban J connectivity index is 1.48. The van der Waals surface area contributed by atoms with Gasteiger partial charge in [-0.25, -0.2) is 9.97 Å². The van der Waals surface area contributed by atoms with Crippen LogP contribution in [0.4, 0.5) is 11.5 Å². The number of hydrogen-bond acceptors (Lipinski definition) is 4. The number of para-hydroxylation sites is 1. The number of piperidine rings is 1. The fraction of sp³-hybridized carbons (Fsp3) is 0.292. The number of amides is 1. The molecule has 1 amide bonds. The van der Waals surface area contributed by atoms with E-state index in [1.807, 2.05) is 49.4 Å². The molecular weight excluding hydrogens is 360 g/mol. The molecule has 3 aromatic rings. The lowest BCUT2D eigenvalue weighted by molar-refractivity contribution is -0.120. The van der Waals surface area contributed by atoms with Crippen molar-refractivity contribution in [1.82, 2.24) is 9.97 Å². The van der Waals surface area contributed by atoms with Gasteiger partial charge in [-0.3, -0.25) is 4.79 Å². The molecule has 0 spiro atoms. The Morgan fingerprint density at radius 3 is 2.66 bits per heavy atom. The topological polar surface area (TPSA) is 58.1 Å². The summed E-state index contributed by atoms with van der Waals surface area (Å²) in [5.41, 5.74) is 4.18. The third-order valence-corrected chi connectivity index (χ3v) is 5.47. The van der Waals surface area contributed by atoms with Crippen LogP contribution in [0, 0.1) is 19.8 Å². The van der Waals surface area contributed by atoms with Gasteiger partial charge in [0.05, 0.1) is 5.92 Å². The molecule has 148 valence electrons. The monoisotopic (exact) mass is 386 g/mol. The first-order chi connectivity index (χ1) is 14.1. The zero-order valence-electron chi connectivity index (χ0n) is 16.9. The average molecular weight is 386 g/mol. The number of carbonyl (C=O) groups is 1. The number of anilines is 2. The molecule has 1 atom stereocenters. The number of benzene rings is 2. The third-order valence-electron chi connectivity index (χ3n) is 5.47. The molecule has 0 aliphatic carbocycles. The van der Waals surface area contributed by atoms with Gasteiger partial charge in [0, 0.05) is 30.5 Å². The van der Waals surface area contributed by atoms with Crippen molar-refractivity contribution in [2.24, 2.45) is 5.92 Å². The smallest absolute Gasteiger partial charge is 0.229 e. The summed E-state index contributed by atoms with van der Waals surface area (Å²) in [6.45, 7) is 5.65. The Morgan fingerprint density at radius 1 is 1.07 bits per heavy atom. The molecule has 1 N–H and O–H groups in total. The van der Waals surface area contributed by atoms with Gasteiger partial charge in [-0.2, -0.15) is 0 Å². The van der Waals surface area contributed by atoms with Crippen molar-refractivity contribution in [3.05, 3.63) is 71.9 Å². The van der Waals surface area contributed by atoms with Crippen LogP contribution >= 0.6 is 0 Å². The van der Waals surface area contributed by atoms with Gasteiger partial charge in [-0.1, -0.05) is 48.0 Å². The normalized spacial score (nSPS) is 16.5. The average Bonchev–Trinajstić information content (AvgIpc) is 2.76. The van der Waals surface area contributed by atoms with Crippen molar-refractivity contribution in [1.29, 1.82) is 0 Å². The fourth-order valence-corrected chi connectivity index (χ4v) is 3.71. The van der Waals surface area contributed by atoms with Crippen LogP contribution in [0.1, 0.15) is 24.0 Å². The number of aryl methyl sites for hydroxylation is 2. The molecule has 5 heteroatoms. The second kappa shape index (κ2) is 8.43. The van der Waals surface area contributed by atoms with Crippen LogP contribution < -0.4 is 10.2 Å². The maximum atomic E-state index is 12.8. The van der Waals surface area contributed by atoms with Gasteiger partial charge in [0.25, 0.3) is 0 Å². The molecule has 1 aliphatic rings. The molecule has 0 unspecified atom stereocenters. The van der Waals surface area contributed by atoms with Crippen LogP contribution in [0.2, 0.25) is 0 Å². The van der Waals surface area contributed by atoms with E-state index in [1.165, 1.54) is 5.56 Å². The molecule has 0 saturated carbocycles. The fourth-order valence-electron chi connectivity index (χ4n) is 3.71. The zero-order valence-corrected chi connectivity index (χ0v) is 16.9. The molecule has 29 heavy (non-hydrogen) atoms. The first-order valence-corrected chi connectivity index (χ1v) is 10.1. The SMILES string of the molecule is Cc1ccc(-c2nccc(N3CCC[C@H](C(=O)Nc4ccccc4C)C3)n2)cc1. The highest BCUT2D eigenvalue weighted by Gasteiger charge is 2.27. The van der Waals surface area contributed by atoms with Crippen molar-refractivity contribution in [3.8, 4) is 11.4 Å². The molecule has 2 heterocycles. The zero-order chi connectivity index (χ0) is 20.2. The number of nitrogens with one attached hydrogen (secondary N) is 1. The summed E-state index contributed by atoms with van der Waals surface area (Å²) in [4.78, 5) is 24.3. The summed E-state index contributed by atoms with van der Waals surface area (Å²) in [6.07, 6.45) is 3.66. The van der Waals surface area contributed by atoms with Crippen LogP contribution in [0.3, 0.4) is 0 Å². The van der Waals surface area contributed by atoms with Crippen LogP contribution in [0.25, 0.3) is 11.4 Å². The lowest BCUT2D eigenvalue weighted by Crippen LogP contribution is -2.41. The number of carbonyl (C=O) groups excluding carboxylic acids is 1. The minimum Gasteiger partial charge on any atom is -0.356 e. The van der Waals surface area contributed by atoms with E-state index >= 15 is 0 Å². The third kappa shape index (κ3) is 4.45. The van der Waals surface area contributed by atoms with E-state index in [0.717, 1.165) is 42.0 Å². The van der Waals surface area contributed by atoms with E-state index in [1.54, 1.807) is 6.20 Å². The van der Waals surface area contributed by atoms with Gasteiger partial charge in [0.1, 0.15) is 5.82 Å². The molecular formula is C24H26N4O. The minimum absolute atomic E-state index is 0.0545. The van der Waals surface area contributed by atoms with Gasteiger partial charge >= 0.3 is 0 Å². The molecule has 1 saturated heterocycles. The lowest BCUT2D eigenvalue weighted by atomic mass is 9.97. The van der Waals surface area contributed by atoms with E-state index in [-0.39, 0.29) is 11.8 Å². The maximum Gasteiger partial charge on any atom is 0.229 e. The minimum atomic E-state index is -0.0545. The van der Waals surface area contributed by atoms with E-state index in [0.29, 0.717) is 12.4 Å². The van der Waals surface area contributed by atoms with Crippen LogP contribution in [-0.2, 0) is 4.79 Å². The maximum absolute atomic E-state index is 12.8. The highest BCUT2D eigenvalue weighted by molar-refractivity contribution is 5.93. The Kier molecular flexibility index (Phi) is 5.56. The number of rotatable bonds is 4. The second-order valence-corrected chi connectivity index (χ2v) is 7.69. The molecule has 4 rings (SSSR count). The van der Waals surface area contributed by atoms with E-state index in [4.69, 9.17) is 4.98 Å². The van der Waals surface area contributed by atoms with E-state index < -0.39 is 0 Å². The molecule has 0 radical (unpaired) electrons. The number of aromatic nitrogens is 2. The molecule has 5 nitrogen and oxygen atoms in total. The second-order valence-electron chi connectivity index (χ2n) is 7.69. The molecule has 1 aromatic heterocycles. The van der Waals surface area contributed by atoms with Crippen LogP contribution in [0.15, 0.2) is 60.8 Å². The summed E-state index contributed by atoms with van der Waals surface area (Å²) in [5.74, 6) is 1.62. The van der Waals surface area contributed by atoms with Gasteiger partial charge < -0.3 is 10.2 Å². The lowest BCUT2D eigenvalue weighted by Gasteiger charge is -2.33. The van der Waals surface area contributed by atoms with E-state index in [2.05, 4.69) is 34.3 Å². The summed E-state index contributed by atoms with van der Waals surface area (Å²) >= 11 is 0. The quantitative estimate of drug-likeness (QED) is 0.711. The van der Waals surface area contributed by atoms with Gasteiger partial charge in [-0.15, -0.1) is 0 Å². The summed E-state index contributed by atoms with van der Waals surface area (Å²) in [5, 5.41) is 3.10. The largest absolute Gasteiger partial charge is 0.356 e. The summed E-state index contributed by atoms with van der Waals surface area (Å²) < 4.78 is 0. The first-order valence-electron chi connectivity index (χ1n) is 10.1. The number of nitrogens with zero attached hydrogens (tertiary/aromatic N) is 3. The highest BCUT2D eigenvalue weighted by atomic mass is 16.1. The first kappa shape index (κ1) is 19.1. The highest BCUT2D eigenvalue weighted by Crippen LogP contribution is 2.25. The van der Waals surface area contributed by atoms with Crippen molar-refractivity contribution >= 4 is 17.4 Å². The molecule has 1 aliphatic heterocycles.